The van der Waals surface area contributed by atoms with Crippen LogP contribution in [0.4, 0.5) is 0 Å². The molecule has 0 spiro atoms. The molecule has 1 aliphatic heterocycles. The van der Waals surface area contributed by atoms with Gasteiger partial charge in [0.1, 0.15) is 5.76 Å². The monoisotopic (exact) mass is 259 g/mol. The molecule has 0 aromatic heterocycles. The van der Waals surface area contributed by atoms with E-state index >= 15 is 0 Å². The molecule has 1 N–H and O–H groups in total. The first-order valence-electron chi connectivity index (χ1n) is 7.19. The van der Waals surface area contributed by atoms with Crippen LogP contribution in [0.2, 0.25) is 0 Å². The molecule has 19 heavy (non-hydrogen) atoms. The highest BCUT2D eigenvalue weighted by Crippen LogP contribution is 2.29. The number of hydrogen-bond acceptors (Lipinski definition) is 2. The maximum atomic E-state index is 5.72. The van der Waals surface area contributed by atoms with Crippen LogP contribution in [-0.2, 0) is 10.2 Å². The van der Waals surface area contributed by atoms with Gasteiger partial charge in [0.15, 0.2) is 0 Å². The molecule has 1 atom stereocenters. The fourth-order valence-electron chi connectivity index (χ4n) is 2.40. The topological polar surface area (TPSA) is 21.3 Å². The lowest BCUT2D eigenvalue weighted by Crippen LogP contribution is -2.23. The van der Waals surface area contributed by atoms with Gasteiger partial charge in [0.2, 0.25) is 0 Å². The summed E-state index contributed by atoms with van der Waals surface area (Å²) >= 11 is 0. The quantitative estimate of drug-likeness (QED) is 0.884. The van der Waals surface area contributed by atoms with Crippen LogP contribution in [0.25, 0.3) is 0 Å². The van der Waals surface area contributed by atoms with Crippen molar-refractivity contribution in [3.8, 4) is 0 Å². The minimum Gasteiger partial charge on any atom is -0.496 e. The van der Waals surface area contributed by atoms with E-state index in [1.165, 1.54) is 11.1 Å². The van der Waals surface area contributed by atoms with Gasteiger partial charge in [0.25, 0.3) is 0 Å². The zero-order valence-electron chi connectivity index (χ0n) is 12.5. The molecule has 104 valence electrons. The normalized spacial score (nSPS) is 16.9. The van der Waals surface area contributed by atoms with E-state index in [0.29, 0.717) is 0 Å². The van der Waals surface area contributed by atoms with Crippen molar-refractivity contribution in [2.24, 2.45) is 0 Å². The van der Waals surface area contributed by atoms with E-state index in [1.54, 1.807) is 0 Å². The third-order valence-electron chi connectivity index (χ3n) is 3.53. The van der Waals surface area contributed by atoms with E-state index in [9.17, 15) is 0 Å². The van der Waals surface area contributed by atoms with Crippen LogP contribution < -0.4 is 5.32 Å². The molecule has 1 aromatic rings. The fraction of sp³-hybridized carbons (Fsp3) is 0.529. The Balaban J connectivity index is 2.22. The summed E-state index contributed by atoms with van der Waals surface area (Å²) in [7, 11) is 0. The van der Waals surface area contributed by atoms with Gasteiger partial charge in [-0.15, -0.1) is 0 Å². The Bertz CT molecular complexity index is 439. The van der Waals surface area contributed by atoms with Crippen LogP contribution in [0, 0.1) is 0 Å². The maximum Gasteiger partial charge on any atom is 0.114 e. The Kier molecular flexibility index (Phi) is 4.31. The summed E-state index contributed by atoms with van der Waals surface area (Å²) in [5.74, 6) is 1.07. The predicted molar refractivity (Wildman–Crippen MR) is 80.2 cm³/mol. The third-order valence-corrected chi connectivity index (χ3v) is 3.53. The van der Waals surface area contributed by atoms with Crippen LogP contribution in [0.3, 0.4) is 0 Å². The van der Waals surface area contributed by atoms with Crippen molar-refractivity contribution in [3.05, 3.63) is 47.2 Å². The van der Waals surface area contributed by atoms with Crippen molar-refractivity contribution in [3.63, 3.8) is 0 Å². The molecule has 0 saturated heterocycles. The van der Waals surface area contributed by atoms with E-state index in [0.717, 1.165) is 25.3 Å². The van der Waals surface area contributed by atoms with Gasteiger partial charge in [0.05, 0.1) is 12.6 Å². The lowest BCUT2D eigenvalue weighted by Gasteiger charge is -2.22. The van der Waals surface area contributed by atoms with Crippen molar-refractivity contribution in [1.29, 1.82) is 0 Å². The van der Waals surface area contributed by atoms with Gasteiger partial charge in [0, 0.05) is 6.42 Å². The molecule has 0 amide bonds. The third kappa shape index (κ3) is 3.38. The number of ether oxygens (including phenoxy) is 1. The van der Waals surface area contributed by atoms with Gasteiger partial charge in [-0.25, -0.2) is 0 Å². The Labute approximate surface area is 116 Å². The van der Waals surface area contributed by atoms with Crippen molar-refractivity contribution >= 4 is 0 Å². The van der Waals surface area contributed by atoms with Gasteiger partial charge in [-0.2, -0.15) is 0 Å². The van der Waals surface area contributed by atoms with Crippen LogP contribution in [-0.4, -0.2) is 13.2 Å². The molecule has 1 aromatic carbocycles. The minimum atomic E-state index is 0.196. The summed E-state index contributed by atoms with van der Waals surface area (Å²) in [4.78, 5) is 0. The fourth-order valence-corrected chi connectivity index (χ4v) is 2.40. The molecule has 2 nitrogen and oxygen atoms in total. The molecule has 1 aliphatic rings. The van der Waals surface area contributed by atoms with Crippen molar-refractivity contribution < 1.29 is 4.74 Å². The smallest absolute Gasteiger partial charge is 0.114 e. The predicted octanol–water partition coefficient (Wildman–Crippen LogP) is 3.94. The highest BCUT2D eigenvalue weighted by molar-refractivity contribution is 5.32. The Morgan fingerprint density at radius 1 is 1.21 bits per heavy atom. The van der Waals surface area contributed by atoms with Gasteiger partial charge in [-0.1, -0.05) is 52.0 Å². The number of rotatable bonds is 4. The van der Waals surface area contributed by atoms with Gasteiger partial charge >= 0.3 is 0 Å². The van der Waals surface area contributed by atoms with Crippen molar-refractivity contribution in [1.82, 2.24) is 5.32 Å². The van der Waals surface area contributed by atoms with Crippen molar-refractivity contribution in [2.75, 3.05) is 13.2 Å². The second-order valence-electron chi connectivity index (χ2n) is 6.11. The average Bonchev–Trinajstić information content (AvgIpc) is 2.89. The van der Waals surface area contributed by atoms with Crippen LogP contribution in [0.15, 0.2) is 36.1 Å². The van der Waals surface area contributed by atoms with Crippen molar-refractivity contribution in [2.45, 2.75) is 45.6 Å². The molecule has 2 heteroatoms. The highest BCUT2D eigenvalue weighted by Gasteiger charge is 2.21. The SMILES string of the molecule is CCNC(C1=CCCO1)c1ccc(C(C)(C)C)cc1. The molecule has 0 radical (unpaired) electrons. The largest absolute Gasteiger partial charge is 0.496 e. The van der Waals surface area contributed by atoms with Gasteiger partial charge < -0.3 is 10.1 Å². The molecule has 0 bridgehead atoms. The molecule has 1 unspecified atom stereocenters. The van der Waals surface area contributed by atoms with E-state index < -0.39 is 0 Å². The summed E-state index contributed by atoms with van der Waals surface area (Å²) in [6, 6.07) is 9.10. The summed E-state index contributed by atoms with van der Waals surface area (Å²) in [5.41, 5.74) is 2.85. The molecular weight excluding hydrogens is 234 g/mol. The zero-order chi connectivity index (χ0) is 13.9. The standard InChI is InChI=1S/C17H25NO/c1-5-18-16(15-7-6-12-19-15)13-8-10-14(11-9-13)17(2,3)4/h7-11,16,18H,5-6,12H2,1-4H3. The molecule has 2 rings (SSSR count). The molecule has 0 aliphatic carbocycles. The molecular formula is C17H25NO. The summed E-state index contributed by atoms with van der Waals surface area (Å²) in [6.45, 7) is 10.6. The molecule has 0 fully saturated rings. The lowest BCUT2D eigenvalue weighted by molar-refractivity contribution is 0.216. The second-order valence-corrected chi connectivity index (χ2v) is 6.11. The number of benzene rings is 1. The molecule has 0 saturated carbocycles. The second kappa shape index (κ2) is 5.79. The van der Waals surface area contributed by atoms with Crippen LogP contribution in [0.5, 0.6) is 0 Å². The number of hydrogen-bond donors (Lipinski definition) is 1. The zero-order valence-corrected chi connectivity index (χ0v) is 12.5. The van der Waals surface area contributed by atoms with E-state index in [-0.39, 0.29) is 11.5 Å². The Morgan fingerprint density at radius 3 is 2.37 bits per heavy atom. The Morgan fingerprint density at radius 2 is 1.89 bits per heavy atom. The van der Waals surface area contributed by atoms with Crippen LogP contribution >= 0.6 is 0 Å². The summed E-state index contributed by atoms with van der Waals surface area (Å²) in [5, 5.41) is 3.51. The number of nitrogens with one attached hydrogen (secondary N) is 1. The first kappa shape index (κ1) is 14.1. The van der Waals surface area contributed by atoms with Crippen LogP contribution in [0.1, 0.15) is 51.3 Å². The van der Waals surface area contributed by atoms with Gasteiger partial charge in [-0.3, -0.25) is 0 Å². The molecule has 1 heterocycles. The van der Waals surface area contributed by atoms with E-state index in [2.05, 4.69) is 63.4 Å². The lowest BCUT2D eigenvalue weighted by atomic mass is 9.86. The highest BCUT2D eigenvalue weighted by atomic mass is 16.5. The van der Waals surface area contributed by atoms with E-state index in [1.807, 2.05) is 0 Å². The summed E-state index contributed by atoms with van der Waals surface area (Å²) < 4.78 is 5.72. The summed E-state index contributed by atoms with van der Waals surface area (Å²) in [6.07, 6.45) is 3.22. The average molecular weight is 259 g/mol. The first-order valence-corrected chi connectivity index (χ1v) is 7.19. The van der Waals surface area contributed by atoms with Gasteiger partial charge in [-0.05, 0) is 29.2 Å². The maximum absolute atomic E-state index is 5.72. The number of likely N-dealkylation sites (N-methyl/N-ethyl adjacent to an activating group) is 1. The first-order chi connectivity index (χ1) is 9.02. The Hall–Kier alpha value is -1.28. The van der Waals surface area contributed by atoms with E-state index in [4.69, 9.17) is 4.74 Å². The minimum absolute atomic E-state index is 0.196.